The zero-order chi connectivity index (χ0) is 27.9. The molecule has 1 N–H and O–H groups in total. The van der Waals surface area contributed by atoms with Crippen LogP contribution in [0.4, 0.5) is 0 Å². The first kappa shape index (κ1) is 6.93. The fraction of sp³-hybridized carbons (Fsp3) is 0.684. The molecule has 2 heterocycles. The third-order valence-corrected chi connectivity index (χ3v) is 3.92. The van der Waals surface area contributed by atoms with Crippen LogP contribution in [-0.2, 0) is 6.42 Å². The van der Waals surface area contributed by atoms with Crippen molar-refractivity contribution in [2.24, 2.45) is 11.8 Å². The highest BCUT2D eigenvalue weighted by Gasteiger charge is 2.38. The molecule has 2 aliphatic rings. The van der Waals surface area contributed by atoms with E-state index < -0.39 is 68.8 Å². The smallest absolute Gasteiger partial charge is 0.161 e. The van der Waals surface area contributed by atoms with Crippen molar-refractivity contribution in [1.29, 1.82) is 0 Å². The van der Waals surface area contributed by atoms with Crippen molar-refractivity contribution in [2.45, 2.75) is 45.2 Å². The second-order valence-electron chi connectivity index (χ2n) is 6.07. The predicted molar refractivity (Wildman–Crippen MR) is 91.1 cm³/mol. The average Bonchev–Trinajstić information content (AvgIpc) is 2.64. The molecule has 2 aliphatic heterocycles. The van der Waals surface area contributed by atoms with E-state index in [2.05, 4.69) is 0 Å². The minimum absolute atomic E-state index is 0.0504. The molecule has 1 fully saturated rings. The van der Waals surface area contributed by atoms with Crippen LogP contribution in [0.2, 0.25) is 0 Å². The van der Waals surface area contributed by atoms with Gasteiger partial charge in [0.25, 0.3) is 0 Å². The molecule has 3 atom stereocenters. The Bertz CT molecular complexity index is 1020. The third kappa shape index (κ3) is 3.20. The highest BCUT2D eigenvalue weighted by Crippen LogP contribution is 2.43. The molecule has 128 valence electrons. The van der Waals surface area contributed by atoms with Crippen LogP contribution in [0.25, 0.3) is 0 Å². The lowest BCUT2D eigenvalue weighted by Crippen LogP contribution is -2.48. The zero-order valence-corrected chi connectivity index (χ0v) is 13.1. The van der Waals surface area contributed by atoms with Gasteiger partial charge in [0.2, 0.25) is 0 Å². The molecule has 1 saturated heterocycles. The number of benzene rings is 1. The molecule has 0 radical (unpaired) electrons. The number of rotatable bonds is 4. The Labute approximate surface area is 157 Å². The lowest BCUT2D eigenvalue weighted by atomic mass is 9.79. The minimum Gasteiger partial charge on any atom is -0.493 e. The summed E-state index contributed by atoms with van der Waals surface area (Å²) in [5.41, 5.74) is -0.216. The van der Waals surface area contributed by atoms with Crippen molar-refractivity contribution in [3.05, 3.63) is 23.3 Å². The Morgan fingerprint density at radius 2 is 2.13 bits per heavy atom. The topological polar surface area (TPSA) is 41.9 Å². The van der Waals surface area contributed by atoms with Gasteiger partial charge in [0.05, 0.1) is 31.1 Å². The van der Waals surface area contributed by atoms with Crippen LogP contribution in [0.15, 0.2) is 12.1 Å². The van der Waals surface area contributed by atoms with Crippen LogP contribution in [0.5, 0.6) is 11.5 Å². The van der Waals surface area contributed by atoms with Gasteiger partial charge >= 0.3 is 0 Å². The van der Waals surface area contributed by atoms with E-state index in [1.807, 2.05) is 0 Å². The number of fused-ring (bicyclic) bond motifs is 3. The highest BCUT2D eigenvalue weighted by molar-refractivity contribution is 5.49. The van der Waals surface area contributed by atoms with Gasteiger partial charge in [-0.05, 0) is 54.3 Å². The maximum Gasteiger partial charge on any atom is 0.161 e. The summed E-state index contributed by atoms with van der Waals surface area (Å²) in [6.07, 6.45) is -7.16. The third-order valence-electron chi connectivity index (χ3n) is 3.92. The summed E-state index contributed by atoms with van der Waals surface area (Å²) in [6.45, 7) is 0.0795. The quantitative estimate of drug-likeness (QED) is 0.920. The first-order valence-corrected chi connectivity index (χ1v) is 7.48. The van der Waals surface area contributed by atoms with E-state index in [1.165, 1.54) is 0 Å². The predicted octanol–water partition coefficient (Wildman–Crippen LogP) is 3.03. The van der Waals surface area contributed by atoms with Crippen molar-refractivity contribution in [3.63, 3.8) is 0 Å². The number of methoxy groups -OCH3 is 2. The van der Waals surface area contributed by atoms with Gasteiger partial charge in [0.1, 0.15) is 0 Å². The van der Waals surface area contributed by atoms with Gasteiger partial charge in [0, 0.05) is 25.9 Å². The summed E-state index contributed by atoms with van der Waals surface area (Å²) in [5, 5.41) is 11.2. The molecule has 1 aromatic rings. The van der Waals surface area contributed by atoms with Crippen molar-refractivity contribution in [3.8, 4) is 11.5 Å². The van der Waals surface area contributed by atoms with E-state index in [0.717, 1.165) is 17.0 Å². The summed E-state index contributed by atoms with van der Waals surface area (Å²) < 4.78 is 116. The summed E-state index contributed by atoms with van der Waals surface area (Å²) in [5.74, 6) is -4.27. The number of hydrogen-bond acceptors (Lipinski definition) is 4. The molecule has 1 aromatic carbocycles. The van der Waals surface area contributed by atoms with Crippen LogP contribution in [0.1, 0.15) is 61.6 Å². The maximum absolute atomic E-state index is 11.2. The molecule has 3 unspecified atom stereocenters. The number of piperidine rings is 1. The van der Waals surface area contributed by atoms with Crippen molar-refractivity contribution < 1.29 is 32.4 Å². The molecule has 4 nitrogen and oxygen atoms in total. The first-order valence-electron chi connectivity index (χ1n) is 14.0. The Morgan fingerprint density at radius 1 is 1.39 bits per heavy atom. The van der Waals surface area contributed by atoms with Gasteiger partial charge < -0.3 is 14.6 Å². The molecule has 0 spiro atoms. The number of nitrogens with zero attached hydrogens (tertiary/aromatic N) is 1. The van der Waals surface area contributed by atoms with Crippen LogP contribution in [0, 0.1) is 11.8 Å². The Hall–Kier alpha value is -1.26. The molecular weight excluding hydrogens is 290 g/mol. The van der Waals surface area contributed by atoms with Gasteiger partial charge in [-0.2, -0.15) is 0 Å². The molecular formula is C19H29NO3. The van der Waals surface area contributed by atoms with Crippen LogP contribution < -0.4 is 9.47 Å². The van der Waals surface area contributed by atoms with E-state index in [0.29, 0.717) is 0 Å². The summed E-state index contributed by atoms with van der Waals surface area (Å²) >= 11 is 0. The van der Waals surface area contributed by atoms with E-state index in [-0.39, 0.29) is 24.1 Å². The Balaban J connectivity index is 2.32. The maximum atomic E-state index is 11.2. The lowest BCUT2D eigenvalue weighted by Gasteiger charge is -2.46. The lowest BCUT2D eigenvalue weighted by molar-refractivity contribution is -0.0191. The molecule has 3 rings (SSSR count). The molecule has 0 bridgehead atoms. The second kappa shape index (κ2) is 6.70. The fourth-order valence-electron chi connectivity index (χ4n) is 2.88. The second-order valence-corrected chi connectivity index (χ2v) is 6.07. The zero-order valence-electron chi connectivity index (χ0n) is 26.1. The van der Waals surface area contributed by atoms with Crippen molar-refractivity contribution in [2.75, 3.05) is 27.1 Å². The van der Waals surface area contributed by atoms with E-state index in [1.54, 1.807) is 13.8 Å². The minimum atomic E-state index is -3.43. The fourth-order valence-corrected chi connectivity index (χ4v) is 2.88. The highest BCUT2D eigenvalue weighted by atomic mass is 16.5. The first-order chi connectivity index (χ1) is 15.9. The van der Waals surface area contributed by atoms with Crippen LogP contribution in [-0.4, -0.2) is 43.2 Å². The number of aliphatic hydroxyl groups is 1. The molecule has 0 aliphatic carbocycles. The average molecular weight is 333 g/mol. The van der Waals surface area contributed by atoms with Gasteiger partial charge in [-0.3, -0.25) is 4.90 Å². The number of ether oxygens (including phenoxy) is 2. The van der Waals surface area contributed by atoms with Gasteiger partial charge in [-0.25, -0.2) is 0 Å². The van der Waals surface area contributed by atoms with Gasteiger partial charge in [-0.1, -0.05) is 13.8 Å². The molecule has 0 saturated carbocycles. The Morgan fingerprint density at radius 3 is 2.83 bits per heavy atom. The standard InChI is InChI=1S/C19H29NO3/c1-12(2)7-14-11-20-6-5-13-8-18(22-3)19(23-4)9-15(13)16(20)10-17(14)21/h8-9,12,14,16-17,21H,5-7,10-11H2,1-4H3/i3D3,4D3,10D2,11D2,14D,16D,17D. The summed E-state index contributed by atoms with van der Waals surface area (Å²) in [6, 6.07) is -0.861. The van der Waals surface area contributed by atoms with Gasteiger partial charge in [0.15, 0.2) is 11.5 Å². The molecule has 0 aromatic heterocycles. The van der Waals surface area contributed by atoms with E-state index in [9.17, 15) is 6.48 Å². The van der Waals surface area contributed by atoms with Crippen LogP contribution in [0.3, 0.4) is 0 Å². The Kier molecular flexibility index (Phi) is 2.02. The SMILES string of the molecule is [2H]C([2H])([2H])Oc1cc2c(cc1OC([2H])([2H])[2H])C1([2H])N(CC2)C([2H])([2H])C([2H])(CC(C)C)C([2H])(O)C1([2H])[2H]. The normalized spacial score (nSPS) is 50.9. The number of hydrogen-bond donors (Lipinski definition) is 1. The van der Waals surface area contributed by atoms with Crippen molar-refractivity contribution >= 4 is 0 Å². The molecule has 0 amide bonds. The van der Waals surface area contributed by atoms with E-state index >= 15 is 0 Å². The largest absolute Gasteiger partial charge is 0.493 e. The molecule has 4 heteroatoms. The van der Waals surface area contributed by atoms with E-state index in [4.69, 9.17) is 25.9 Å². The van der Waals surface area contributed by atoms with Crippen molar-refractivity contribution in [1.82, 2.24) is 4.90 Å². The monoisotopic (exact) mass is 332 g/mol. The summed E-state index contributed by atoms with van der Waals surface area (Å²) in [4.78, 5) is 0.768. The molecule has 23 heavy (non-hydrogen) atoms. The van der Waals surface area contributed by atoms with Gasteiger partial charge in [-0.15, -0.1) is 0 Å². The van der Waals surface area contributed by atoms with Crippen LogP contribution >= 0.6 is 0 Å². The summed E-state index contributed by atoms with van der Waals surface area (Å²) in [7, 11) is -6.09.